The van der Waals surface area contributed by atoms with E-state index in [9.17, 15) is 13.6 Å². The Balaban J connectivity index is 2.05. The highest BCUT2D eigenvalue weighted by molar-refractivity contribution is 5.88. The maximum atomic E-state index is 13.5. The first-order valence-electron chi connectivity index (χ1n) is 6.70. The summed E-state index contributed by atoms with van der Waals surface area (Å²) < 4.78 is 27.0. The first-order valence-corrected chi connectivity index (χ1v) is 6.70. The largest absolute Gasteiger partial charge is 0.349 e. The summed E-state index contributed by atoms with van der Waals surface area (Å²) in [6.07, 6.45) is 1.37. The lowest BCUT2D eigenvalue weighted by Gasteiger charge is -2.11. The molecule has 3 N–H and O–H groups in total. The Labute approximate surface area is 126 Å². The van der Waals surface area contributed by atoms with Gasteiger partial charge in [0.15, 0.2) is 0 Å². The zero-order chi connectivity index (χ0) is 16.1. The number of anilines is 3. The van der Waals surface area contributed by atoms with Crippen molar-refractivity contribution in [2.24, 2.45) is 0 Å². The molecule has 1 aromatic heterocycles. The Morgan fingerprint density at radius 3 is 2.36 bits per heavy atom. The molecule has 0 saturated heterocycles. The Bertz CT molecular complexity index is 639. The second-order valence-corrected chi connectivity index (χ2v) is 4.91. The van der Waals surface area contributed by atoms with Crippen molar-refractivity contribution in [1.29, 1.82) is 0 Å². The van der Waals surface area contributed by atoms with Crippen molar-refractivity contribution >= 4 is 23.2 Å². The summed E-state index contributed by atoms with van der Waals surface area (Å²) in [6, 6.07) is 6.32. The smallest absolute Gasteiger partial charge is 0.320 e. The molecular weight excluding hydrogens is 290 g/mol. The van der Waals surface area contributed by atoms with Crippen LogP contribution in [0.15, 0.2) is 36.5 Å². The summed E-state index contributed by atoms with van der Waals surface area (Å²) >= 11 is 0. The number of nitrogens with zero attached hydrogens (tertiary/aromatic N) is 1. The number of benzene rings is 1. The molecule has 22 heavy (non-hydrogen) atoms. The maximum absolute atomic E-state index is 13.5. The molecule has 0 aliphatic carbocycles. The number of nitrogens with one attached hydrogen (secondary N) is 3. The summed E-state index contributed by atoms with van der Waals surface area (Å²) in [5.74, 6) is -1.06. The number of urea groups is 1. The van der Waals surface area contributed by atoms with E-state index < -0.39 is 11.6 Å². The highest BCUT2D eigenvalue weighted by Gasteiger charge is 2.09. The van der Waals surface area contributed by atoms with Gasteiger partial charge in [0, 0.05) is 6.04 Å². The summed E-state index contributed by atoms with van der Waals surface area (Å²) in [5.41, 5.74) is 0.154. The summed E-state index contributed by atoms with van der Waals surface area (Å²) in [4.78, 5) is 15.5. The number of rotatable bonds is 4. The molecule has 1 heterocycles. The van der Waals surface area contributed by atoms with Crippen molar-refractivity contribution in [2.45, 2.75) is 19.9 Å². The molecule has 2 amide bonds. The van der Waals surface area contributed by atoms with Gasteiger partial charge in [-0.15, -0.1) is 0 Å². The maximum Gasteiger partial charge on any atom is 0.320 e. The van der Waals surface area contributed by atoms with E-state index in [2.05, 4.69) is 20.9 Å². The SMILES string of the molecule is CC(C)NC(=O)Nc1ccc(Nc2c(F)cccc2F)cn1. The molecule has 0 atom stereocenters. The normalized spacial score (nSPS) is 10.4. The first kappa shape index (κ1) is 15.7. The number of hydrogen-bond acceptors (Lipinski definition) is 3. The Kier molecular flexibility index (Phi) is 4.88. The van der Waals surface area contributed by atoms with Crippen LogP contribution in [0.25, 0.3) is 0 Å². The van der Waals surface area contributed by atoms with Crippen molar-refractivity contribution in [3.8, 4) is 0 Å². The van der Waals surface area contributed by atoms with Crippen LogP contribution in [0.3, 0.4) is 0 Å². The van der Waals surface area contributed by atoms with Gasteiger partial charge in [-0.05, 0) is 38.1 Å². The number of carbonyl (C=O) groups excluding carboxylic acids is 1. The Morgan fingerprint density at radius 2 is 1.82 bits per heavy atom. The minimum Gasteiger partial charge on any atom is -0.349 e. The summed E-state index contributed by atoms with van der Waals surface area (Å²) in [7, 11) is 0. The monoisotopic (exact) mass is 306 g/mol. The van der Waals surface area contributed by atoms with Crippen LogP contribution in [0, 0.1) is 11.6 Å². The molecule has 0 spiro atoms. The predicted octanol–water partition coefficient (Wildman–Crippen LogP) is 3.63. The second-order valence-electron chi connectivity index (χ2n) is 4.91. The van der Waals surface area contributed by atoms with Crippen molar-refractivity contribution in [3.05, 3.63) is 48.2 Å². The fourth-order valence-corrected chi connectivity index (χ4v) is 1.72. The molecule has 0 fully saturated rings. The molecule has 2 rings (SSSR count). The van der Waals surface area contributed by atoms with E-state index in [1.807, 2.05) is 13.8 Å². The fourth-order valence-electron chi connectivity index (χ4n) is 1.72. The molecule has 0 unspecified atom stereocenters. The van der Waals surface area contributed by atoms with E-state index in [4.69, 9.17) is 0 Å². The average molecular weight is 306 g/mol. The molecule has 7 heteroatoms. The van der Waals surface area contributed by atoms with E-state index >= 15 is 0 Å². The minimum absolute atomic E-state index is 0.00460. The van der Waals surface area contributed by atoms with Gasteiger partial charge in [-0.1, -0.05) is 6.07 Å². The van der Waals surface area contributed by atoms with Crippen molar-refractivity contribution in [2.75, 3.05) is 10.6 Å². The number of aromatic nitrogens is 1. The zero-order valence-electron chi connectivity index (χ0n) is 12.2. The quantitative estimate of drug-likeness (QED) is 0.808. The molecule has 0 radical (unpaired) electrons. The van der Waals surface area contributed by atoms with Crippen LogP contribution in [-0.2, 0) is 0 Å². The van der Waals surface area contributed by atoms with Gasteiger partial charge in [-0.25, -0.2) is 18.6 Å². The number of para-hydroxylation sites is 1. The van der Waals surface area contributed by atoms with E-state index in [0.29, 0.717) is 11.5 Å². The highest BCUT2D eigenvalue weighted by Crippen LogP contribution is 2.23. The molecule has 116 valence electrons. The van der Waals surface area contributed by atoms with Gasteiger partial charge in [0.2, 0.25) is 0 Å². The fraction of sp³-hybridized carbons (Fsp3) is 0.200. The van der Waals surface area contributed by atoms with Crippen LogP contribution >= 0.6 is 0 Å². The van der Waals surface area contributed by atoms with Crippen LogP contribution in [0.2, 0.25) is 0 Å². The van der Waals surface area contributed by atoms with E-state index in [0.717, 1.165) is 12.1 Å². The third-order valence-electron chi connectivity index (χ3n) is 2.66. The number of carbonyl (C=O) groups is 1. The molecule has 1 aromatic carbocycles. The molecule has 0 aliphatic heterocycles. The van der Waals surface area contributed by atoms with E-state index in [-0.39, 0.29) is 17.8 Å². The molecule has 0 bridgehead atoms. The topological polar surface area (TPSA) is 66.1 Å². The number of amides is 2. The van der Waals surface area contributed by atoms with Gasteiger partial charge in [0.25, 0.3) is 0 Å². The lowest BCUT2D eigenvalue weighted by atomic mass is 10.2. The van der Waals surface area contributed by atoms with Gasteiger partial charge < -0.3 is 10.6 Å². The predicted molar refractivity (Wildman–Crippen MR) is 81.2 cm³/mol. The Morgan fingerprint density at radius 1 is 1.14 bits per heavy atom. The minimum atomic E-state index is -0.696. The van der Waals surface area contributed by atoms with Gasteiger partial charge >= 0.3 is 6.03 Å². The number of halogens is 2. The van der Waals surface area contributed by atoms with Crippen LogP contribution in [0.5, 0.6) is 0 Å². The standard InChI is InChI=1S/C15H16F2N4O/c1-9(2)19-15(22)21-13-7-6-10(8-18-13)20-14-11(16)4-3-5-12(14)17/h3-9,20H,1-2H3,(H2,18,19,21,22). The van der Waals surface area contributed by atoms with Gasteiger partial charge in [-0.2, -0.15) is 0 Å². The number of hydrogen-bond donors (Lipinski definition) is 3. The van der Waals surface area contributed by atoms with Crippen LogP contribution in [0.1, 0.15) is 13.8 Å². The molecule has 2 aromatic rings. The van der Waals surface area contributed by atoms with E-state index in [1.165, 1.54) is 18.3 Å². The van der Waals surface area contributed by atoms with Crippen molar-refractivity contribution in [1.82, 2.24) is 10.3 Å². The molecular formula is C15H16F2N4O. The molecule has 5 nitrogen and oxygen atoms in total. The lowest BCUT2D eigenvalue weighted by molar-refractivity contribution is 0.250. The first-order chi connectivity index (χ1) is 10.5. The van der Waals surface area contributed by atoms with Gasteiger partial charge in [-0.3, -0.25) is 5.32 Å². The van der Waals surface area contributed by atoms with Crippen LogP contribution in [0.4, 0.5) is 30.8 Å². The van der Waals surface area contributed by atoms with Gasteiger partial charge in [0.1, 0.15) is 23.1 Å². The Hall–Kier alpha value is -2.70. The van der Waals surface area contributed by atoms with Crippen LogP contribution in [-0.4, -0.2) is 17.1 Å². The third-order valence-corrected chi connectivity index (χ3v) is 2.66. The van der Waals surface area contributed by atoms with Gasteiger partial charge in [0.05, 0.1) is 11.9 Å². The van der Waals surface area contributed by atoms with Crippen LogP contribution < -0.4 is 16.0 Å². The third kappa shape index (κ3) is 4.15. The summed E-state index contributed by atoms with van der Waals surface area (Å²) in [6.45, 7) is 3.67. The molecule has 0 saturated carbocycles. The zero-order valence-corrected chi connectivity index (χ0v) is 12.2. The average Bonchev–Trinajstić information content (AvgIpc) is 2.44. The van der Waals surface area contributed by atoms with E-state index in [1.54, 1.807) is 6.07 Å². The lowest BCUT2D eigenvalue weighted by Crippen LogP contribution is -2.34. The molecule has 0 aliphatic rings. The highest BCUT2D eigenvalue weighted by atomic mass is 19.1. The number of pyridine rings is 1. The van der Waals surface area contributed by atoms with Crippen molar-refractivity contribution < 1.29 is 13.6 Å². The van der Waals surface area contributed by atoms with Crippen molar-refractivity contribution in [3.63, 3.8) is 0 Å². The second kappa shape index (κ2) is 6.84. The summed E-state index contributed by atoms with van der Waals surface area (Å²) in [5, 5.41) is 7.82.